The van der Waals surface area contributed by atoms with E-state index in [0.717, 1.165) is 194 Å². The number of ketones is 1. The zero-order valence-electron chi connectivity index (χ0n) is 79.9. The van der Waals surface area contributed by atoms with E-state index in [1.165, 1.54) is 55.3 Å². The predicted molar refractivity (Wildman–Crippen MR) is 481 cm³/mol. The molecule has 4 aliphatic rings. The molecule has 0 atom stereocenters. The highest BCUT2D eigenvalue weighted by Gasteiger charge is 2.34. The minimum atomic E-state index is -0.413. The number of methoxy groups -OCH3 is 2. The van der Waals surface area contributed by atoms with E-state index in [4.69, 9.17) is 28.4 Å². The highest BCUT2D eigenvalue weighted by Crippen LogP contribution is 2.38. The number of benzene rings is 1. The van der Waals surface area contributed by atoms with Gasteiger partial charge in [0.25, 0.3) is 0 Å². The Morgan fingerprint density at radius 2 is 0.757 bits per heavy atom. The number of carbonyl (C=O) groups is 7. The summed E-state index contributed by atoms with van der Waals surface area (Å²) in [5, 5.41) is 0.673. The van der Waals surface area contributed by atoms with E-state index in [0.29, 0.717) is 77.2 Å². The summed E-state index contributed by atoms with van der Waals surface area (Å²) in [6, 6.07) is 8.46. The van der Waals surface area contributed by atoms with Crippen molar-refractivity contribution in [2.45, 2.75) is 298 Å². The third-order valence-corrected chi connectivity index (χ3v) is 21.5. The summed E-state index contributed by atoms with van der Waals surface area (Å²) >= 11 is 3.04. The standard InChI is InChI=1S/C17H33NO2S.C16H31NO3.C16H31NO2S.C15H29NO3.C15H22O.C8H16O2.C7H14O2/c1-16(2,3)14-17(4,5)7-13-21-15(19)6-8-18-9-11-20-12-10-18;1-15(2,3)7-11-20-14(18)16(4,5)6-8-17-9-12-19-13-10-17;1-15(2,3)12-16(4,5)13-20-14(18)6-7-17-8-10-19-11-9-17;1-14(2,3)12-19-13(17)15(4,5)6-7-16-8-10-18-11-9-16;1-12(16)9-10-13-7-5-6-8-14(13)11-15(2,3)4;1-8(2,3)6-5-7(9)10-4;1-7(2,3)5-6(8)9-4/h6-14H2,1-5H3;2*6-13H2,1-5H3;6-12H2,1-5H3;5-8H,9-11H2,1-4H3;5-6H2,1-4H3;5H2,1-4H3. The van der Waals surface area contributed by atoms with Gasteiger partial charge in [-0.15, -0.1) is 0 Å². The van der Waals surface area contributed by atoms with Crippen LogP contribution in [0.25, 0.3) is 0 Å². The van der Waals surface area contributed by atoms with Gasteiger partial charge in [-0.25, -0.2) is 0 Å². The third kappa shape index (κ3) is 69.8. The minimum absolute atomic E-state index is 0.0238. The van der Waals surface area contributed by atoms with Crippen molar-refractivity contribution in [1.29, 1.82) is 0 Å². The van der Waals surface area contributed by atoms with Crippen LogP contribution >= 0.6 is 23.5 Å². The molecule has 0 aliphatic carbocycles. The van der Waals surface area contributed by atoms with E-state index in [-0.39, 0.29) is 56.7 Å². The summed E-state index contributed by atoms with van der Waals surface area (Å²) in [4.78, 5) is 89.8. The van der Waals surface area contributed by atoms with E-state index in [1.54, 1.807) is 6.92 Å². The lowest BCUT2D eigenvalue weighted by Gasteiger charge is -2.32. The van der Waals surface area contributed by atoms with Gasteiger partial charge in [0.15, 0.2) is 10.2 Å². The SMILES string of the molecule is CC(=O)CCc1ccccc1CC(C)(C)C.CC(C)(C)CC(C)(C)CCSC(=O)CCN1CCOCC1.CC(C)(C)CC(C)(C)CSC(=O)CCN1CCOCC1.CC(C)(C)CCOC(=O)C(C)(C)CCN1CCOCC1.CC(C)(C)COC(=O)C(C)(C)CCN1CCOCC1.COC(=O)CC(C)(C)C.COC(=O)CCC(C)(C)C. The molecule has 4 fully saturated rings. The van der Waals surface area contributed by atoms with Crippen LogP contribution in [-0.4, -0.2) is 230 Å². The van der Waals surface area contributed by atoms with E-state index >= 15 is 0 Å². The van der Waals surface area contributed by atoms with Crippen LogP contribution in [0.1, 0.15) is 296 Å². The van der Waals surface area contributed by atoms with Crippen molar-refractivity contribution in [1.82, 2.24) is 19.6 Å². The lowest BCUT2D eigenvalue weighted by Crippen LogP contribution is -2.40. The molecule has 674 valence electrons. The lowest BCUT2D eigenvalue weighted by molar-refractivity contribution is -0.157. The zero-order chi connectivity index (χ0) is 88.8. The van der Waals surface area contributed by atoms with E-state index in [9.17, 15) is 33.6 Å². The maximum absolute atomic E-state index is 12.2. The van der Waals surface area contributed by atoms with Crippen LogP contribution in [0.5, 0.6) is 0 Å². The summed E-state index contributed by atoms with van der Waals surface area (Å²) in [5.41, 5.74) is 3.91. The van der Waals surface area contributed by atoms with Crippen LogP contribution < -0.4 is 0 Å². The second-order valence-electron chi connectivity index (χ2n) is 43.3. The summed E-state index contributed by atoms with van der Waals surface area (Å²) in [6.07, 6.45) is 11.9. The first kappa shape index (κ1) is 114. The fourth-order valence-electron chi connectivity index (χ4n) is 12.8. The molecule has 0 amide bonds. The molecule has 0 bridgehead atoms. The largest absolute Gasteiger partial charge is 0.469 e. The molecule has 0 radical (unpaired) electrons. The van der Waals surface area contributed by atoms with E-state index in [2.05, 4.69) is 206 Å². The molecule has 0 aromatic heterocycles. The van der Waals surface area contributed by atoms with Crippen LogP contribution in [0.3, 0.4) is 0 Å². The lowest BCUT2D eigenvalue weighted by atomic mass is 9.75. The van der Waals surface area contributed by atoms with Crippen molar-refractivity contribution in [3.8, 4) is 0 Å². The molecule has 4 heterocycles. The van der Waals surface area contributed by atoms with Crippen LogP contribution in [0.2, 0.25) is 0 Å². The van der Waals surface area contributed by atoms with Gasteiger partial charge in [0.2, 0.25) is 0 Å². The molecule has 1 aromatic rings. The van der Waals surface area contributed by atoms with Gasteiger partial charge in [-0.1, -0.05) is 221 Å². The monoisotopic (exact) mass is 1670 g/mol. The Kier molecular flexibility index (Phi) is 55.5. The molecule has 1 aromatic carbocycles. The minimum Gasteiger partial charge on any atom is -0.469 e. The first-order valence-corrected chi connectivity index (χ1v) is 45.1. The van der Waals surface area contributed by atoms with Crippen molar-refractivity contribution in [2.24, 2.45) is 59.6 Å². The number of morpholine rings is 4. The summed E-state index contributed by atoms with van der Waals surface area (Å²) < 4.78 is 41.1. The fourth-order valence-corrected chi connectivity index (χ4v) is 14.8. The number of esters is 4. The first-order valence-electron chi connectivity index (χ1n) is 43.1. The van der Waals surface area contributed by atoms with Crippen molar-refractivity contribution in [3.05, 3.63) is 35.4 Å². The molecule has 0 unspecified atom stereocenters. The smallest absolute Gasteiger partial charge is 0.311 e. The quantitative estimate of drug-likeness (QED) is 0.0500. The van der Waals surface area contributed by atoms with Gasteiger partial charge in [0.1, 0.15) is 5.78 Å². The zero-order valence-corrected chi connectivity index (χ0v) is 81.5. The van der Waals surface area contributed by atoms with Crippen molar-refractivity contribution < 1.29 is 71.5 Å². The summed E-state index contributed by atoms with van der Waals surface area (Å²) in [7, 11) is 2.83. The van der Waals surface area contributed by atoms with Gasteiger partial charge in [-0.05, 0) is 165 Å². The average Bonchev–Trinajstić information content (AvgIpc) is 0.822. The molecule has 0 spiro atoms. The number of aryl methyl sites for hydroxylation is 1. The van der Waals surface area contributed by atoms with Gasteiger partial charge < -0.3 is 42.7 Å². The average molecular weight is 1670 g/mol. The maximum atomic E-state index is 12.2. The number of carbonyl (C=O) groups excluding carboxylic acids is 7. The molecular formula is C94H176N4O15S2. The van der Waals surface area contributed by atoms with Crippen molar-refractivity contribution >= 4 is 63.4 Å². The van der Waals surface area contributed by atoms with Gasteiger partial charge in [-0.3, -0.25) is 48.4 Å². The number of Topliss-reactive ketones (excluding diaryl/α,β-unsaturated/α-hetero) is 1. The Labute approximate surface area is 713 Å². The molecule has 21 heteroatoms. The number of nitrogens with zero attached hydrogens (tertiary/aromatic N) is 4. The Morgan fingerprint density at radius 1 is 0.383 bits per heavy atom. The van der Waals surface area contributed by atoms with E-state index < -0.39 is 10.8 Å². The highest BCUT2D eigenvalue weighted by molar-refractivity contribution is 8.13. The molecule has 4 aliphatic heterocycles. The number of hydrogen-bond acceptors (Lipinski definition) is 21. The van der Waals surface area contributed by atoms with Crippen molar-refractivity contribution in [3.63, 3.8) is 0 Å². The van der Waals surface area contributed by atoms with Crippen LogP contribution in [0.4, 0.5) is 0 Å². The highest BCUT2D eigenvalue weighted by atomic mass is 32.2. The third-order valence-electron chi connectivity index (χ3n) is 19.1. The molecule has 19 nitrogen and oxygen atoms in total. The van der Waals surface area contributed by atoms with Crippen LogP contribution in [0, 0.1) is 59.6 Å². The molecule has 115 heavy (non-hydrogen) atoms. The Bertz CT molecular complexity index is 2820. The first-order chi connectivity index (χ1) is 52.6. The Balaban J connectivity index is 0. The second kappa shape index (κ2) is 56.2. The predicted octanol–water partition coefficient (Wildman–Crippen LogP) is 19.7. The van der Waals surface area contributed by atoms with Gasteiger partial charge in [-0.2, -0.15) is 0 Å². The number of hydrogen-bond donors (Lipinski definition) is 0. The Hall–Kier alpha value is -3.51. The number of thioether (sulfide) groups is 2. The fraction of sp³-hybridized carbons (Fsp3) is 0.862. The molecule has 0 saturated carbocycles. The van der Waals surface area contributed by atoms with Crippen molar-refractivity contribution in [2.75, 3.05) is 170 Å². The summed E-state index contributed by atoms with van der Waals surface area (Å²) in [5.74, 6) is 1.73. The van der Waals surface area contributed by atoms with Gasteiger partial charge >= 0.3 is 23.9 Å². The molecule has 0 N–H and O–H groups in total. The number of ether oxygens (including phenoxy) is 8. The second-order valence-corrected chi connectivity index (χ2v) is 45.4. The van der Waals surface area contributed by atoms with Gasteiger partial charge in [0.05, 0.1) is 97.5 Å². The topological polar surface area (TPSA) is 206 Å². The number of rotatable bonds is 31. The maximum Gasteiger partial charge on any atom is 0.311 e. The normalized spacial score (nSPS) is 16.1. The molecular weight excluding hydrogens is 1490 g/mol. The molecule has 5 rings (SSSR count). The summed E-state index contributed by atoms with van der Waals surface area (Å²) in [6.45, 7) is 82.9. The Morgan fingerprint density at radius 3 is 1.10 bits per heavy atom. The van der Waals surface area contributed by atoms with Gasteiger partial charge in [0, 0.05) is 103 Å². The van der Waals surface area contributed by atoms with E-state index in [1.807, 2.05) is 48.5 Å². The van der Waals surface area contributed by atoms with Crippen LogP contribution in [0.15, 0.2) is 24.3 Å². The van der Waals surface area contributed by atoms with Crippen LogP contribution in [-0.2, 0) is 84.3 Å². The molecule has 4 saturated heterocycles.